The van der Waals surface area contributed by atoms with E-state index >= 15 is 0 Å². The number of aliphatic carboxylic acids is 1. The number of benzene rings is 1. The van der Waals surface area contributed by atoms with Crippen LogP contribution in [0.4, 0.5) is 5.69 Å². The summed E-state index contributed by atoms with van der Waals surface area (Å²) in [5.41, 5.74) is 5.67. The van der Waals surface area contributed by atoms with Gasteiger partial charge in [-0.15, -0.1) is 6.58 Å². The van der Waals surface area contributed by atoms with E-state index in [2.05, 4.69) is 11.9 Å². The fraction of sp³-hybridized carbons (Fsp3) is 0.250. The van der Waals surface area contributed by atoms with Crippen LogP contribution in [0.3, 0.4) is 0 Å². The third-order valence-corrected chi connectivity index (χ3v) is 2.37. The Morgan fingerprint density at radius 3 is 2.81 bits per heavy atom. The van der Waals surface area contributed by atoms with Crippen molar-refractivity contribution in [2.24, 2.45) is 5.73 Å². The minimum atomic E-state index is -1.40. The van der Waals surface area contributed by atoms with E-state index in [1.54, 1.807) is 24.3 Å². The Morgan fingerprint density at radius 1 is 1.62 bits per heavy atom. The number of para-hydroxylation sites is 1. The number of rotatable bonds is 5. The summed E-state index contributed by atoms with van der Waals surface area (Å²) in [6, 6.07) is 7.10. The van der Waals surface area contributed by atoms with Gasteiger partial charge in [0, 0.05) is 17.8 Å². The van der Waals surface area contributed by atoms with Crippen molar-refractivity contribution in [2.45, 2.75) is 12.5 Å². The molecule has 0 amide bonds. The first-order chi connectivity index (χ1) is 7.50. The molecule has 0 spiro atoms. The second-order valence-corrected chi connectivity index (χ2v) is 3.72. The van der Waals surface area contributed by atoms with Crippen molar-refractivity contribution in [1.82, 2.24) is 0 Å². The third-order valence-electron chi connectivity index (χ3n) is 2.37. The maximum Gasteiger partial charge on any atom is 0.328 e. The van der Waals surface area contributed by atoms with Crippen molar-refractivity contribution in [3.8, 4) is 0 Å². The lowest BCUT2D eigenvalue weighted by atomic mass is 9.92. The van der Waals surface area contributed by atoms with E-state index in [9.17, 15) is 4.79 Å². The van der Waals surface area contributed by atoms with Crippen molar-refractivity contribution in [2.75, 3.05) is 11.9 Å². The molecular formula is C12H16N2O2. The summed E-state index contributed by atoms with van der Waals surface area (Å²) in [4.78, 5) is 11.1. The first-order valence-electron chi connectivity index (χ1n) is 4.96. The van der Waals surface area contributed by atoms with Crippen molar-refractivity contribution < 1.29 is 9.90 Å². The molecule has 4 heteroatoms. The fourth-order valence-corrected chi connectivity index (χ4v) is 1.39. The largest absolute Gasteiger partial charge is 0.480 e. The average molecular weight is 220 g/mol. The van der Waals surface area contributed by atoms with E-state index in [0.29, 0.717) is 12.1 Å². The van der Waals surface area contributed by atoms with Crippen molar-refractivity contribution >= 4 is 11.7 Å². The molecule has 0 radical (unpaired) electrons. The lowest BCUT2D eigenvalue weighted by Crippen LogP contribution is -2.42. The van der Waals surface area contributed by atoms with Crippen LogP contribution in [0, 0.1) is 0 Å². The van der Waals surface area contributed by atoms with Crippen molar-refractivity contribution in [1.29, 1.82) is 0 Å². The zero-order chi connectivity index (χ0) is 12.2. The molecule has 1 aromatic carbocycles. The Labute approximate surface area is 94.8 Å². The summed E-state index contributed by atoms with van der Waals surface area (Å²) < 4.78 is 0. The van der Waals surface area contributed by atoms with E-state index in [4.69, 9.17) is 10.8 Å². The molecular weight excluding hydrogens is 204 g/mol. The van der Waals surface area contributed by atoms with Gasteiger partial charge in [-0.05, 0) is 13.0 Å². The van der Waals surface area contributed by atoms with Crippen molar-refractivity contribution in [3.05, 3.63) is 42.5 Å². The number of hydrogen-bond donors (Lipinski definition) is 3. The van der Waals surface area contributed by atoms with E-state index in [0.717, 1.165) is 5.69 Å². The molecule has 1 aromatic rings. The van der Waals surface area contributed by atoms with E-state index in [1.165, 1.54) is 6.92 Å². The highest BCUT2D eigenvalue weighted by Crippen LogP contribution is 2.26. The minimum absolute atomic E-state index is 0.560. The first-order valence-corrected chi connectivity index (χ1v) is 4.96. The molecule has 0 aliphatic heterocycles. The van der Waals surface area contributed by atoms with Crippen LogP contribution in [-0.2, 0) is 10.3 Å². The SMILES string of the molecule is C=CCNc1ccccc1C(C)(N)C(=O)O. The minimum Gasteiger partial charge on any atom is -0.480 e. The van der Waals surface area contributed by atoms with Gasteiger partial charge in [0.1, 0.15) is 5.54 Å². The van der Waals surface area contributed by atoms with Crippen LogP contribution < -0.4 is 11.1 Å². The van der Waals surface area contributed by atoms with Gasteiger partial charge >= 0.3 is 5.97 Å². The zero-order valence-corrected chi connectivity index (χ0v) is 9.23. The van der Waals surface area contributed by atoms with Crippen LogP contribution in [0.25, 0.3) is 0 Å². The average Bonchev–Trinajstić information content (AvgIpc) is 2.26. The molecule has 4 nitrogen and oxygen atoms in total. The second-order valence-electron chi connectivity index (χ2n) is 3.72. The molecule has 16 heavy (non-hydrogen) atoms. The van der Waals surface area contributed by atoms with Gasteiger partial charge in [0.15, 0.2) is 0 Å². The predicted molar refractivity (Wildman–Crippen MR) is 64.3 cm³/mol. The number of carboxylic acid groups (broad SMARTS) is 1. The first kappa shape index (κ1) is 12.3. The Bertz CT molecular complexity index is 400. The molecule has 1 rings (SSSR count). The number of carboxylic acids is 1. The summed E-state index contributed by atoms with van der Waals surface area (Å²) in [5.74, 6) is -1.06. The van der Waals surface area contributed by atoms with Gasteiger partial charge in [0.25, 0.3) is 0 Å². The highest BCUT2D eigenvalue weighted by molar-refractivity contribution is 5.82. The number of hydrogen-bond acceptors (Lipinski definition) is 3. The van der Waals surface area contributed by atoms with E-state index < -0.39 is 11.5 Å². The van der Waals surface area contributed by atoms with E-state index in [-0.39, 0.29) is 0 Å². The Kier molecular flexibility index (Phi) is 3.68. The fourth-order valence-electron chi connectivity index (χ4n) is 1.39. The molecule has 0 fully saturated rings. The molecule has 0 aliphatic carbocycles. The van der Waals surface area contributed by atoms with Crippen LogP contribution >= 0.6 is 0 Å². The second kappa shape index (κ2) is 4.81. The number of nitrogens with one attached hydrogen (secondary N) is 1. The standard InChI is InChI=1S/C12H16N2O2/c1-3-8-14-10-7-5-4-6-9(10)12(2,13)11(15)16/h3-7,14H,1,8,13H2,2H3,(H,15,16). The van der Waals surface area contributed by atoms with Gasteiger partial charge in [-0.25, -0.2) is 4.79 Å². The maximum atomic E-state index is 11.1. The van der Waals surface area contributed by atoms with Crippen LogP contribution in [0.2, 0.25) is 0 Å². The van der Waals surface area contributed by atoms with Gasteiger partial charge in [-0.1, -0.05) is 24.3 Å². The molecule has 0 aromatic heterocycles. The summed E-state index contributed by atoms with van der Waals surface area (Å²) in [7, 11) is 0. The molecule has 86 valence electrons. The molecule has 0 saturated carbocycles. The van der Waals surface area contributed by atoms with Crippen LogP contribution in [0.15, 0.2) is 36.9 Å². The molecule has 1 atom stereocenters. The van der Waals surface area contributed by atoms with Gasteiger partial charge in [-0.2, -0.15) is 0 Å². The Hall–Kier alpha value is -1.81. The Balaban J connectivity index is 3.12. The smallest absolute Gasteiger partial charge is 0.328 e. The molecule has 4 N–H and O–H groups in total. The summed E-state index contributed by atoms with van der Waals surface area (Å²) in [6.45, 7) is 5.63. The maximum absolute atomic E-state index is 11.1. The number of carbonyl (C=O) groups is 1. The van der Waals surface area contributed by atoms with Crippen LogP contribution in [0.5, 0.6) is 0 Å². The predicted octanol–water partition coefficient (Wildman–Crippen LogP) is 1.54. The number of nitrogens with two attached hydrogens (primary N) is 1. The topological polar surface area (TPSA) is 75.3 Å². The van der Waals surface area contributed by atoms with Gasteiger partial charge < -0.3 is 16.2 Å². The number of anilines is 1. The van der Waals surface area contributed by atoms with Crippen LogP contribution in [-0.4, -0.2) is 17.6 Å². The monoisotopic (exact) mass is 220 g/mol. The van der Waals surface area contributed by atoms with Crippen molar-refractivity contribution in [3.63, 3.8) is 0 Å². The summed E-state index contributed by atoms with van der Waals surface area (Å²) >= 11 is 0. The van der Waals surface area contributed by atoms with Gasteiger partial charge in [0.05, 0.1) is 0 Å². The highest BCUT2D eigenvalue weighted by Gasteiger charge is 2.32. The van der Waals surface area contributed by atoms with E-state index in [1.807, 2.05) is 6.07 Å². The third kappa shape index (κ3) is 2.41. The Morgan fingerprint density at radius 2 is 2.25 bits per heavy atom. The van der Waals surface area contributed by atoms with Crippen LogP contribution in [0.1, 0.15) is 12.5 Å². The summed E-state index contributed by atoms with van der Waals surface area (Å²) in [6.07, 6.45) is 1.70. The van der Waals surface area contributed by atoms with Gasteiger partial charge in [0.2, 0.25) is 0 Å². The highest BCUT2D eigenvalue weighted by atomic mass is 16.4. The summed E-state index contributed by atoms with van der Waals surface area (Å²) in [5, 5.41) is 12.1. The molecule has 0 heterocycles. The molecule has 0 bridgehead atoms. The van der Waals surface area contributed by atoms with Gasteiger partial charge in [-0.3, -0.25) is 0 Å². The lowest BCUT2D eigenvalue weighted by molar-refractivity contribution is -0.143. The zero-order valence-electron chi connectivity index (χ0n) is 9.23. The normalized spacial score (nSPS) is 13.9. The molecule has 0 saturated heterocycles. The molecule has 0 aliphatic rings. The molecule has 1 unspecified atom stereocenters. The quantitative estimate of drug-likeness (QED) is 0.658. The lowest BCUT2D eigenvalue weighted by Gasteiger charge is -2.23.